The normalized spacial score (nSPS) is 14.6. The number of carbonyl (C=O) groups is 1. The molecule has 1 aromatic carbocycles. The van der Waals surface area contributed by atoms with Gasteiger partial charge >= 0.3 is 0 Å². The number of fused-ring (bicyclic) bond motifs is 1. The van der Waals surface area contributed by atoms with Gasteiger partial charge in [0.1, 0.15) is 5.75 Å². The van der Waals surface area contributed by atoms with E-state index in [1.165, 1.54) is 0 Å². The molecule has 0 N–H and O–H groups in total. The van der Waals surface area contributed by atoms with Crippen molar-refractivity contribution in [1.29, 1.82) is 0 Å². The first kappa shape index (κ1) is 17.3. The van der Waals surface area contributed by atoms with Crippen molar-refractivity contribution in [2.45, 2.75) is 13.8 Å². The maximum absolute atomic E-state index is 13.2. The second kappa shape index (κ2) is 6.90. The van der Waals surface area contributed by atoms with Crippen LogP contribution >= 0.6 is 0 Å². The van der Waals surface area contributed by atoms with E-state index in [1.54, 1.807) is 7.11 Å². The Morgan fingerprint density at radius 2 is 1.89 bits per heavy atom. The first-order chi connectivity index (χ1) is 13.1. The van der Waals surface area contributed by atoms with Gasteiger partial charge in [-0.1, -0.05) is 17.3 Å². The highest BCUT2D eigenvalue weighted by Gasteiger charge is 2.26. The number of rotatable bonds is 3. The Hall–Kier alpha value is -3.09. The lowest BCUT2D eigenvalue weighted by Crippen LogP contribution is -2.49. The van der Waals surface area contributed by atoms with E-state index in [9.17, 15) is 4.79 Å². The summed E-state index contributed by atoms with van der Waals surface area (Å²) in [6.45, 7) is 6.48. The molecule has 0 spiro atoms. The minimum Gasteiger partial charge on any atom is -0.495 e. The summed E-state index contributed by atoms with van der Waals surface area (Å²) in [5.41, 5.74) is 3.53. The molecule has 1 saturated heterocycles. The average molecular weight is 366 g/mol. The van der Waals surface area contributed by atoms with Crippen LogP contribution in [-0.2, 0) is 0 Å². The molecule has 0 saturated carbocycles. The van der Waals surface area contributed by atoms with Crippen LogP contribution in [0.3, 0.4) is 0 Å². The maximum atomic E-state index is 13.2. The van der Waals surface area contributed by atoms with Crippen LogP contribution in [0.5, 0.6) is 5.75 Å². The number of amides is 1. The van der Waals surface area contributed by atoms with Gasteiger partial charge in [-0.3, -0.25) is 4.79 Å². The molecule has 0 aliphatic carbocycles. The lowest BCUT2D eigenvalue weighted by molar-refractivity contribution is 0.0748. The fraction of sp³-hybridized carbons (Fsp3) is 0.350. The van der Waals surface area contributed by atoms with Crippen LogP contribution in [0.15, 0.2) is 34.9 Å². The summed E-state index contributed by atoms with van der Waals surface area (Å²) in [4.78, 5) is 21.6. The predicted octanol–water partition coefficient (Wildman–Crippen LogP) is 2.81. The lowest BCUT2D eigenvalue weighted by atomic mass is 10.1. The summed E-state index contributed by atoms with van der Waals surface area (Å²) in [6.07, 6.45) is 0. The van der Waals surface area contributed by atoms with E-state index in [4.69, 9.17) is 9.26 Å². The zero-order valence-corrected chi connectivity index (χ0v) is 15.7. The standard InChI is InChI=1S/C20H22N4O3/c1-13-12-15(18-14(2)22-27-19(18)21-13)20(25)24-10-8-23(9-11-24)16-6-4-5-7-17(16)26-3/h4-7,12H,8-11H2,1-3H3. The van der Waals surface area contributed by atoms with Crippen molar-refractivity contribution in [3.8, 4) is 5.75 Å². The Kier molecular flexibility index (Phi) is 4.43. The zero-order chi connectivity index (χ0) is 19.0. The molecule has 140 valence electrons. The fourth-order valence-electron chi connectivity index (χ4n) is 3.60. The van der Waals surface area contributed by atoms with Crippen LogP contribution in [0.1, 0.15) is 21.7 Å². The van der Waals surface area contributed by atoms with E-state index in [2.05, 4.69) is 15.0 Å². The smallest absolute Gasteiger partial charge is 0.258 e. The van der Waals surface area contributed by atoms with Crippen LogP contribution in [0.25, 0.3) is 11.1 Å². The molecule has 3 heterocycles. The Bertz CT molecular complexity index is 990. The molecule has 1 fully saturated rings. The van der Waals surface area contributed by atoms with E-state index >= 15 is 0 Å². The summed E-state index contributed by atoms with van der Waals surface area (Å²) in [6, 6.07) is 9.78. The Morgan fingerprint density at radius 1 is 1.15 bits per heavy atom. The SMILES string of the molecule is COc1ccccc1N1CCN(C(=O)c2cc(C)nc3onc(C)c23)CC1. The Labute approximate surface area is 157 Å². The van der Waals surface area contributed by atoms with E-state index in [0.717, 1.165) is 30.2 Å². The predicted molar refractivity (Wildman–Crippen MR) is 102 cm³/mol. The number of anilines is 1. The van der Waals surface area contributed by atoms with Crippen LogP contribution in [0, 0.1) is 13.8 Å². The van der Waals surface area contributed by atoms with Gasteiger partial charge in [-0.2, -0.15) is 0 Å². The lowest BCUT2D eigenvalue weighted by Gasteiger charge is -2.36. The Balaban J connectivity index is 1.55. The molecule has 3 aromatic rings. The highest BCUT2D eigenvalue weighted by atomic mass is 16.5. The molecule has 1 aliphatic heterocycles. The molecule has 2 aromatic heterocycles. The van der Waals surface area contributed by atoms with Crippen LogP contribution in [-0.4, -0.2) is 54.2 Å². The summed E-state index contributed by atoms with van der Waals surface area (Å²) < 4.78 is 10.7. The molecule has 0 radical (unpaired) electrons. The zero-order valence-electron chi connectivity index (χ0n) is 15.7. The number of hydrogen-bond acceptors (Lipinski definition) is 6. The summed E-state index contributed by atoms with van der Waals surface area (Å²) in [5, 5.41) is 4.67. The number of ether oxygens (including phenoxy) is 1. The largest absolute Gasteiger partial charge is 0.495 e. The van der Waals surface area contributed by atoms with Gasteiger partial charge in [0.15, 0.2) is 0 Å². The van der Waals surface area contributed by atoms with Crippen molar-refractivity contribution in [2.75, 3.05) is 38.2 Å². The molecule has 4 rings (SSSR count). The highest BCUT2D eigenvalue weighted by Crippen LogP contribution is 2.29. The first-order valence-electron chi connectivity index (χ1n) is 8.99. The van der Waals surface area contributed by atoms with Crippen molar-refractivity contribution in [1.82, 2.24) is 15.0 Å². The molecule has 1 amide bonds. The fourth-order valence-corrected chi connectivity index (χ4v) is 3.60. The van der Waals surface area contributed by atoms with Gasteiger partial charge in [0.2, 0.25) is 0 Å². The van der Waals surface area contributed by atoms with E-state index < -0.39 is 0 Å². The molecule has 0 unspecified atom stereocenters. The molecular weight excluding hydrogens is 344 g/mol. The number of methoxy groups -OCH3 is 1. The quantitative estimate of drug-likeness (QED) is 0.710. The topological polar surface area (TPSA) is 71.7 Å². The third-order valence-corrected chi connectivity index (χ3v) is 4.97. The molecule has 7 heteroatoms. The molecule has 27 heavy (non-hydrogen) atoms. The van der Waals surface area contributed by atoms with Gasteiger partial charge < -0.3 is 19.1 Å². The van der Waals surface area contributed by atoms with Crippen molar-refractivity contribution in [3.63, 3.8) is 0 Å². The Morgan fingerprint density at radius 3 is 2.63 bits per heavy atom. The number of carbonyl (C=O) groups excluding carboxylic acids is 1. The van der Waals surface area contributed by atoms with Gasteiger partial charge in [0, 0.05) is 31.9 Å². The maximum Gasteiger partial charge on any atom is 0.258 e. The number of hydrogen-bond donors (Lipinski definition) is 0. The second-order valence-corrected chi connectivity index (χ2v) is 6.71. The van der Waals surface area contributed by atoms with Gasteiger partial charge in [-0.05, 0) is 32.0 Å². The van der Waals surface area contributed by atoms with Gasteiger partial charge in [-0.15, -0.1) is 0 Å². The average Bonchev–Trinajstić information content (AvgIpc) is 3.07. The van der Waals surface area contributed by atoms with Gasteiger partial charge in [-0.25, -0.2) is 4.98 Å². The van der Waals surface area contributed by atoms with E-state index in [1.807, 2.05) is 49.1 Å². The highest BCUT2D eigenvalue weighted by molar-refractivity contribution is 6.06. The number of piperazine rings is 1. The number of pyridine rings is 1. The van der Waals surface area contributed by atoms with Crippen molar-refractivity contribution in [3.05, 3.63) is 47.3 Å². The molecular formula is C20H22N4O3. The third-order valence-electron chi connectivity index (χ3n) is 4.97. The number of nitrogens with zero attached hydrogens (tertiary/aromatic N) is 4. The minimum absolute atomic E-state index is 0.00326. The summed E-state index contributed by atoms with van der Waals surface area (Å²) in [7, 11) is 1.68. The summed E-state index contributed by atoms with van der Waals surface area (Å²) in [5.74, 6) is 0.848. The summed E-state index contributed by atoms with van der Waals surface area (Å²) >= 11 is 0. The molecule has 0 atom stereocenters. The van der Waals surface area contributed by atoms with Gasteiger partial charge in [0.05, 0.1) is 29.4 Å². The minimum atomic E-state index is -0.00326. The van der Waals surface area contributed by atoms with Crippen molar-refractivity contribution < 1.29 is 14.1 Å². The monoisotopic (exact) mass is 366 g/mol. The third kappa shape index (κ3) is 3.09. The molecule has 1 aliphatic rings. The number of aromatic nitrogens is 2. The van der Waals surface area contributed by atoms with Crippen LogP contribution in [0.4, 0.5) is 5.69 Å². The second-order valence-electron chi connectivity index (χ2n) is 6.71. The van der Waals surface area contributed by atoms with Gasteiger partial charge in [0.25, 0.3) is 11.6 Å². The van der Waals surface area contributed by atoms with Crippen molar-refractivity contribution >= 4 is 22.7 Å². The number of aryl methyl sites for hydroxylation is 2. The van der Waals surface area contributed by atoms with E-state index in [0.29, 0.717) is 35.4 Å². The van der Waals surface area contributed by atoms with E-state index in [-0.39, 0.29) is 5.91 Å². The molecule has 7 nitrogen and oxygen atoms in total. The van der Waals surface area contributed by atoms with Crippen molar-refractivity contribution in [2.24, 2.45) is 0 Å². The first-order valence-corrected chi connectivity index (χ1v) is 8.99. The molecule has 0 bridgehead atoms. The number of para-hydroxylation sites is 2. The van der Waals surface area contributed by atoms with Crippen LogP contribution < -0.4 is 9.64 Å². The number of benzene rings is 1. The van der Waals surface area contributed by atoms with Crippen LogP contribution in [0.2, 0.25) is 0 Å².